The van der Waals surface area contributed by atoms with Gasteiger partial charge in [0.05, 0.1) is 60.5 Å². The van der Waals surface area contributed by atoms with Gasteiger partial charge in [-0.2, -0.15) is 0 Å². The highest BCUT2D eigenvalue weighted by molar-refractivity contribution is 5.93. The van der Waals surface area contributed by atoms with Crippen molar-refractivity contribution in [1.82, 2.24) is 0 Å². The number of carbonyl (C=O) groups is 1. The summed E-state index contributed by atoms with van der Waals surface area (Å²) in [6, 6.07) is 5.04. The molecular weight excluding hydrogens is 380 g/mol. The smallest absolute Gasteiger partial charge is 0.342 e. The molecule has 0 N–H and O–H groups in total. The minimum Gasteiger partial charge on any atom is -0.493 e. The Morgan fingerprint density at radius 2 is 1.31 bits per heavy atom. The van der Waals surface area contributed by atoms with Crippen LogP contribution >= 0.6 is 0 Å². The minimum absolute atomic E-state index is 0.139. The molecule has 0 fully saturated rings. The van der Waals surface area contributed by atoms with Crippen molar-refractivity contribution in [1.29, 1.82) is 0 Å². The molecule has 29 heavy (non-hydrogen) atoms. The van der Waals surface area contributed by atoms with Crippen LogP contribution in [0.4, 0.5) is 0 Å². The van der Waals surface area contributed by atoms with Gasteiger partial charge in [-0.15, -0.1) is 0 Å². The standard InChI is InChI=1S/C21H34O8/c1-4-5-9-25-10-11-26-12-13-27-14-15-28-16-17-29-21(22)18-7-6-8-19(23-2)20(18)24-3/h6-8H,4-5,9-17H2,1-3H3. The first-order valence-electron chi connectivity index (χ1n) is 9.93. The Labute approximate surface area is 173 Å². The number of ether oxygens (including phenoxy) is 7. The molecular formula is C21H34O8. The first kappa shape index (κ1) is 25.2. The molecule has 0 aliphatic carbocycles. The summed E-state index contributed by atoms with van der Waals surface area (Å²) >= 11 is 0. The first-order chi connectivity index (χ1) is 14.2. The molecule has 0 heterocycles. The van der Waals surface area contributed by atoms with Gasteiger partial charge in [0.2, 0.25) is 0 Å². The van der Waals surface area contributed by atoms with Crippen molar-refractivity contribution in [2.75, 3.05) is 73.7 Å². The highest BCUT2D eigenvalue weighted by atomic mass is 16.6. The van der Waals surface area contributed by atoms with E-state index in [9.17, 15) is 4.79 Å². The molecule has 0 radical (unpaired) electrons. The maximum absolute atomic E-state index is 12.2. The quantitative estimate of drug-likeness (QED) is 0.268. The zero-order valence-corrected chi connectivity index (χ0v) is 17.8. The molecule has 8 nitrogen and oxygen atoms in total. The largest absolute Gasteiger partial charge is 0.493 e. The van der Waals surface area contributed by atoms with Gasteiger partial charge in [-0.3, -0.25) is 0 Å². The lowest BCUT2D eigenvalue weighted by Gasteiger charge is -2.12. The zero-order chi connectivity index (χ0) is 21.2. The van der Waals surface area contributed by atoms with E-state index < -0.39 is 5.97 Å². The van der Waals surface area contributed by atoms with Crippen LogP contribution in [0.25, 0.3) is 0 Å². The Hall–Kier alpha value is -1.87. The van der Waals surface area contributed by atoms with Crippen LogP contribution in [-0.2, 0) is 23.7 Å². The van der Waals surface area contributed by atoms with Crippen LogP contribution < -0.4 is 9.47 Å². The SMILES string of the molecule is CCCCOCCOCCOCCOCCOC(=O)c1cccc(OC)c1OC. The topological polar surface area (TPSA) is 81.7 Å². The molecule has 0 unspecified atom stereocenters. The molecule has 0 saturated heterocycles. The lowest BCUT2D eigenvalue weighted by molar-refractivity contribution is -0.00911. The third-order valence-corrected chi connectivity index (χ3v) is 3.84. The van der Waals surface area contributed by atoms with Crippen molar-refractivity contribution < 1.29 is 38.0 Å². The van der Waals surface area contributed by atoms with E-state index in [1.807, 2.05) is 0 Å². The Morgan fingerprint density at radius 3 is 1.83 bits per heavy atom. The normalized spacial score (nSPS) is 10.7. The highest BCUT2D eigenvalue weighted by Gasteiger charge is 2.17. The molecule has 166 valence electrons. The average Bonchev–Trinajstić information content (AvgIpc) is 2.75. The van der Waals surface area contributed by atoms with Gasteiger partial charge in [0.25, 0.3) is 0 Å². The Kier molecular flexibility index (Phi) is 14.8. The van der Waals surface area contributed by atoms with Gasteiger partial charge in [0, 0.05) is 6.61 Å². The zero-order valence-electron chi connectivity index (χ0n) is 17.8. The van der Waals surface area contributed by atoms with E-state index in [0.29, 0.717) is 56.7 Å². The van der Waals surface area contributed by atoms with Crippen LogP contribution in [0, 0.1) is 0 Å². The lowest BCUT2D eigenvalue weighted by Crippen LogP contribution is -2.15. The fraction of sp³-hybridized carbons (Fsp3) is 0.667. The first-order valence-corrected chi connectivity index (χ1v) is 9.93. The van der Waals surface area contributed by atoms with Crippen molar-refractivity contribution in [2.45, 2.75) is 19.8 Å². The van der Waals surface area contributed by atoms with Gasteiger partial charge in [-0.1, -0.05) is 19.4 Å². The summed E-state index contributed by atoms with van der Waals surface area (Å²) in [6.45, 7) is 6.43. The fourth-order valence-electron chi connectivity index (χ4n) is 2.33. The predicted octanol–water partition coefficient (Wildman–Crippen LogP) is 2.73. The van der Waals surface area contributed by atoms with Gasteiger partial charge >= 0.3 is 5.97 Å². The summed E-state index contributed by atoms with van der Waals surface area (Å²) in [6.07, 6.45) is 2.22. The Morgan fingerprint density at radius 1 is 0.759 bits per heavy atom. The number of benzene rings is 1. The van der Waals surface area contributed by atoms with Crippen LogP contribution in [0.2, 0.25) is 0 Å². The second-order valence-corrected chi connectivity index (χ2v) is 5.98. The van der Waals surface area contributed by atoms with Gasteiger partial charge in [-0.25, -0.2) is 4.79 Å². The van der Waals surface area contributed by atoms with E-state index in [2.05, 4.69) is 6.92 Å². The van der Waals surface area contributed by atoms with E-state index in [-0.39, 0.29) is 13.2 Å². The molecule has 0 saturated carbocycles. The molecule has 1 rings (SSSR count). The second-order valence-electron chi connectivity index (χ2n) is 5.98. The van der Waals surface area contributed by atoms with Crippen LogP contribution in [0.3, 0.4) is 0 Å². The Balaban J connectivity index is 1.99. The molecule has 0 atom stereocenters. The summed E-state index contributed by atoms with van der Waals surface area (Å²) in [5.74, 6) is 0.337. The Bertz CT molecular complexity index is 549. The van der Waals surface area contributed by atoms with Gasteiger partial charge < -0.3 is 33.2 Å². The van der Waals surface area contributed by atoms with Crippen LogP contribution in [0.1, 0.15) is 30.1 Å². The van der Waals surface area contributed by atoms with Crippen molar-refractivity contribution in [3.05, 3.63) is 23.8 Å². The molecule has 1 aromatic rings. The van der Waals surface area contributed by atoms with Gasteiger partial charge in [0.15, 0.2) is 11.5 Å². The average molecular weight is 414 g/mol. The number of methoxy groups -OCH3 is 2. The molecule has 0 aromatic heterocycles. The fourth-order valence-corrected chi connectivity index (χ4v) is 2.33. The predicted molar refractivity (Wildman–Crippen MR) is 108 cm³/mol. The number of hydrogen-bond donors (Lipinski definition) is 0. The van der Waals surface area contributed by atoms with Crippen LogP contribution in [-0.4, -0.2) is 79.7 Å². The van der Waals surface area contributed by atoms with Crippen molar-refractivity contribution in [2.24, 2.45) is 0 Å². The van der Waals surface area contributed by atoms with E-state index in [4.69, 9.17) is 33.2 Å². The minimum atomic E-state index is -0.489. The van der Waals surface area contributed by atoms with E-state index in [0.717, 1.165) is 19.4 Å². The monoisotopic (exact) mass is 414 g/mol. The van der Waals surface area contributed by atoms with Crippen molar-refractivity contribution in [3.63, 3.8) is 0 Å². The number of hydrogen-bond acceptors (Lipinski definition) is 8. The number of carbonyl (C=O) groups excluding carboxylic acids is 1. The third-order valence-electron chi connectivity index (χ3n) is 3.84. The molecule has 0 aliphatic rings. The number of unbranched alkanes of at least 4 members (excludes halogenated alkanes) is 1. The van der Waals surface area contributed by atoms with Gasteiger partial charge in [0.1, 0.15) is 12.2 Å². The molecule has 1 aromatic carbocycles. The summed E-state index contributed by atoms with van der Waals surface area (Å²) in [5, 5.41) is 0. The molecule has 0 amide bonds. The molecule has 8 heteroatoms. The molecule has 0 bridgehead atoms. The summed E-state index contributed by atoms with van der Waals surface area (Å²) in [7, 11) is 2.99. The molecule has 0 aliphatic heterocycles. The lowest BCUT2D eigenvalue weighted by atomic mass is 10.2. The van der Waals surface area contributed by atoms with Gasteiger partial charge in [-0.05, 0) is 18.6 Å². The number of esters is 1. The van der Waals surface area contributed by atoms with Crippen molar-refractivity contribution in [3.8, 4) is 11.5 Å². The van der Waals surface area contributed by atoms with Crippen LogP contribution in [0.5, 0.6) is 11.5 Å². The van der Waals surface area contributed by atoms with E-state index >= 15 is 0 Å². The van der Waals surface area contributed by atoms with E-state index in [1.165, 1.54) is 14.2 Å². The summed E-state index contributed by atoms with van der Waals surface area (Å²) in [5.41, 5.74) is 0.311. The summed E-state index contributed by atoms with van der Waals surface area (Å²) in [4.78, 5) is 12.2. The maximum atomic E-state index is 12.2. The van der Waals surface area contributed by atoms with E-state index in [1.54, 1.807) is 18.2 Å². The highest BCUT2D eigenvalue weighted by Crippen LogP contribution is 2.30. The summed E-state index contributed by atoms with van der Waals surface area (Å²) < 4.78 is 37.2. The number of rotatable bonds is 18. The van der Waals surface area contributed by atoms with Crippen LogP contribution in [0.15, 0.2) is 18.2 Å². The third kappa shape index (κ3) is 11.0. The molecule has 0 spiro atoms. The van der Waals surface area contributed by atoms with Crippen molar-refractivity contribution >= 4 is 5.97 Å². The number of para-hydroxylation sites is 1. The maximum Gasteiger partial charge on any atom is 0.342 e. The second kappa shape index (κ2) is 17.0.